The molecule has 2 aromatic rings. The highest BCUT2D eigenvalue weighted by Crippen LogP contribution is 2.18. The second-order valence-corrected chi connectivity index (χ2v) is 6.97. The summed E-state index contributed by atoms with van der Waals surface area (Å²) in [6.45, 7) is 1.14. The van der Waals surface area contributed by atoms with Crippen molar-refractivity contribution in [3.63, 3.8) is 0 Å². The van der Waals surface area contributed by atoms with E-state index < -0.39 is 0 Å². The van der Waals surface area contributed by atoms with Gasteiger partial charge in [-0.3, -0.25) is 9.79 Å². The topological polar surface area (TPSA) is 74.8 Å². The third-order valence-electron chi connectivity index (χ3n) is 4.54. The van der Waals surface area contributed by atoms with Gasteiger partial charge in [0.15, 0.2) is 12.6 Å². The van der Waals surface area contributed by atoms with Gasteiger partial charge >= 0.3 is 0 Å². The van der Waals surface area contributed by atoms with Crippen molar-refractivity contribution in [2.45, 2.75) is 31.8 Å². The van der Waals surface area contributed by atoms with Crippen molar-refractivity contribution in [3.8, 4) is 5.75 Å². The molecule has 1 aliphatic carbocycles. The van der Waals surface area contributed by atoms with E-state index in [-0.39, 0.29) is 18.3 Å². The molecule has 0 radical (unpaired) electrons. The zero-order valence-electron chi connectivity index (χ0n) is 16.6. The molecule has 1 aliphatic rings. The third kappa shape index (κ3) is 7.10. The molecule has 0 spiro atoms. The molecule has 1 amide bonds. The first-order valence-corrected chi connectivity index (χ1v) is 9.83. The standard InChI is InChI=1S/C22H27FN4O2/c1-24-22(25-12-11-17-6-2-3-8-20(17)23)26-14-16-5-4-7-19(13-16)29-15-21(28)27-18-9-10-18/h2-8,13,18H,9-12,14-15H2,1H3,(H,27,28)(H2,24,25,26). The lowest BCUT2D eigenvalue weighted by Crippen LogP contribution is -2.37. The Labute approximate surface area is 170 Å². The zero-order chi connectivity index (χ0) is 20.5. The maximum atomic E-state index is 13.7. The van der Waals surface area contributed by atoms with Crippen LogP contribution in [0.5, 0.6) is 5.75 Å². The molecular formula is C22H27FN4O2. The van der Waals surface area contributed by atoms with E-state index in [0.717, 1.165) is 18.4 Å². The average Bonchev–Trinajstić information content (AvgIpc) is 3.54. The van der Waals surface area contributed by atoms with E-state index in [9.17, 15) is 9.18 Å². The van der Waals surface area contributed by atoms with Crippen molar-refractivity contribution in [1.82, 2.24) is 16.0 Å². The van der Waals surface area contributed by atoms with Crippen molar-refractivity contribution >= 4 is 11.9 Å². The molecule has 0 unspecified atom stereocenters. The van der Waals surface area contributed by atoms with Gasteiger partial charge in [0, 0.05) is 26.2 Å². The van der Waals surface area contributed by atoms with Gasteiger partial charge in [0.05, 0.1) is 0 Å². The molecule has 0 aromatic heterocycles. The summed E-state index contributed by atoms with van der Waals surface area (Å²) in [5.74, 6) is 1.00. The summed E-state index contributed by atoms with van der Waals surface area (Å²) >= 11 is 0. The fourth-order valence-corrected chi connectivity index (χ4v) is 2.81. The molecule has 0 aliphatic heterocycles. The first-order valence-electron chi connectivity index (χ1n) is 9.83. The average molecular weight is 398 g/mol. The van der Waals surface area contributed by atoms with Crippen LogP contribution < -0.4 is 20.7 Å². The minimum atomic E-state index is -0.195. The van der Waals surface area contributed by atoms with Gasteiger partial charge < -0.3 is 20.7 Å². The lowest BCUT2D eigenvalue weighted by atomic mass is 10.1. The number of hydrogen-bond donors (Lipinski definition) is 3. The van der Waals surface area contributed by atoms with Gasteiger partial charge in [-0.15, -0.1) is 0 Å². The maximum Gasteiger partial charge on any atom is 0.258 e. The predicted molar refractivity (Wildman–Crippen MR) is 111 cm³/mol. The highest BCUT2D eigenvalue weighted by Gasteiger charge is 2.23. The van der Waals surface area contributed by atoms with Crippen LogP contribution in [0.3, 0.4) is 0 Å². The van der Waals surface area contributed by atoms with E-state index in [1.54, 1.807) is 19.2 Å². The highest BCUT2D eigenvalue weighted by atomic mass is 19.1. The van der Waals surface area contributed by atoms with Crippen molar-refractivity contribution in [2.24, 2.45) is 4.99 Å². The molecule has 29 heavy (non-hydrogen) atoms. The molecule has 154 valence electrons. The van der Waals surface area contributed by atoms with Crippen LogP contribution in [0.25, 0.3) is 0 Å². The summed E-state index contributed by atoms with van der Waals surface area (Å²) < 4.78 is 19.2. The van der Waals surface area contributed by atoms with Gasteiger partial charge in [-0.05, 0) is 48.6 Å². The van der Waals surface area contributed by atoms with Crippen LogP contribution in [0.1, 0.15) is 24.0 Å². The fraction of sp³-hybridized carbons (Fsp3) is 0.364. The molecule has 7 heteroatoms. The Kier molecular flexibility index (Phi) is 7.44. The number of ether oxygens (including phenoxy) is 1. The largest absolute Gasteiger partial charge is 0.484 e. The molecule has 1 fully saturated rings. The van der Waals surface area contributed by atoms with E-state index in [2.05, 4.69) is 20.9 Å². The van der Waals surface area contributed by atoms with Crippen LogP contribution in [0.15, 0.2) is 53.5 Å². The summed E-state index contributed by atoms with van der Waals surface area (Å²) in [5, 5.41) is 9.30. The normalized spacial score (nSPS) is 13.7. The van der Waals surface area contributed by atoms with E-state index in [1.165, 1.54) is 6.07 Å². The Morgan fingerprint density at radius 3 is 2.76 bits per heavy atom. The lowest BCUT2D eigenvalue weighted by molar-refractivity contribution is -0.123. The van der Waals surface area contributed by atoms with E-state index >= 15 is 0 Å². The number of guanidine groups is 1. The molecule has 0 bridgehead atoms. The smallest absolute Gasteiger partial charge is 0.258 e. The van der Waals surface area contributed by atoms with E-state index in [4.69, 9.17) is 4.74 Å². The van der Waals surface area contributed by atoms with Gasteiger partial charge in [0.1, 0.15) is 11.6 Å². The summed E-state index contributed by atoms with van der Waals surface area (Å²) in [4.78, 5) is 15.9. The first kappa shape index (κ1) is 20.6. The van der Waals surface area contributed by atoms with Crippen LogP contribution in [0.2, 0.25) is 0 Å². The first-order chi connectivity index (χ1) is 14.1. The molecule has 3 rings (SSSR count). The van der Waals surface area contributed by atoms with Crippen LogP contribution in [0, 0.1) is 5.82 Å². The van der Waals surface area contributed by atoms with Gasteiger partial charge in [0.25, 0.3) is 5.91 Å². The minimum Gasteiger partial charge on any atom is -0.484 e. The van der Waals surface area contributed by atoms with Crippen LogP contribution in [-0.2, 0) is 17.8 Å². The number of aliphatic imine (C=N–C) groups is 1. The summed E-state index contributed by atoms with van der Waals surface area (Å²) in [6.07, 6.45) is 2.69. The van der Waals surface area contributed by atoms with Gasteiger partial charge in [0.2, 0.25) is 0 Å². The van der Waals surface area contributed by atoms with Gasteiger partial charge in [-0.1, -0.05) is 30.3 Å². The van der Waals surface area contributed by atoms with Crippen molar-refractivity contribution in [3.05, 3.63) is 65.5 Å². The minimum absolute atomic E-state index is 0.0205. The Morgan fingerprint density at radius 2 is 2.00 bits per heavy atom. The van der Waals surface area contributed by atoms with Crippen molar-refractivity contribution < 1.29 is 13.9 Å². The van der Waals surface area contributed by atoms with E-state index in [0.29, 0.717) is 42.8 Å². The number of hydrogen-bond acceptors (Lipinski definition) is 3. The second kappa shape index (κ2) is 10.5. The number of amides is 1. The third-order valence-corrected chi connectivity index (χ3v) is 4.54. The molecular weight excluding hydrogens is 371 g/mol. The summed E-state index contributed by atoms with van der Waals surface area (Å²) in [6, 6.07) is 14.7. The number of carbonyl (C=O) groups is 1. The monoisotopic (exact) mass is 398 g/mol. The summed E-state index contributed by atoms with van der Waals surface area (Å²) in [5.41, 5.74) is 1.67. The lowest BCUT2D eigenvalue weighted by Gasteiger charge is -2.13. The van der Waals surface area contributed by atoms with Crippen LogP contribution in [-0.4, -0.2) is 38.1 Å². The number of benzene rings is 2. The molecule has 0 atom stereocenters. The Balaban J connectivity index is 1.41. The molecule has 3 N–H and O–H groups in total. The number of carbonyl (C=O) groups excluding carboxylic acids is 1. The zero-order valence-corrected chi connectivity index (χ0v) is 16.6. The van der Waals surface area contributed by atoms with E-state index in [1.807, 2.05) is 30.3 Å². The maximum absolute atomic E-state index is 13.7. The van der Waals surface area contributed by atoms with Crippen molar-refractivity contribution in [2.75, 3.05) is 20.2 Å². The van der Waals surface area contributed by atoms with Gasteiger partial charge in [-0.25, -0.2) is 4.39 Å². The van der Waals surface area contributed by atoms with Gasteiger partial charge in [-0.2, -0.15) is 0 Å². The molecule has 2 aromatic carbocycles. The Hall–Kier alpha value is -3.09. The molecule has 6 nitrogen and oxygen atoms in total. The van der Waals surface area contributed by atoms with Crippen molar-refractivity contribution in [1.29, 1.82) is 0 Å². The Bertz CT molecular complexity index is 852. The fourth-order valence-electron chi connectivity index (χ4n) is 2.81. The number of nitrogens with zero attached hydrogens (tertiary/aromatic N) is 1. The number of nitrogens with one attached hydrogen (secondary N) is 3. The molecule has 0 saturated heterocycles. The predicted octanol–water partition coefficient (Wildman–Crippen LogP) is 2.39. The number of rotatable bonds is 9. The highest BCUT2D eigenvalue weighted by molar-refractivity contribution is 5.79. The SMILES string of the molecule is CN=C(NCCc1ccccc1F)NCc1cccc(OCC(=O)NC2CC2)c1. The molecule has 1 saturated carbocycles. The quantitative estimate of drug-likeness (QED) is 0.448. The number of halogens is 1. The summed E-state index contributed by atoms with van der Waals surface area (Å²) in [7, 11) is 1.69. The molecule has 0 heterocycles. The van der Waals surface area contributed by atoms with Crippen LogP contribution in [0.4, 0.5) is 4.39 Å². The second-order valence-electron chi connectivity index (χ2n) is 6.97. The van der Waals surface area contributed by atoms with Crippen LogP contribution >= 0.6 is 0 Å². The Morgan fingerprint density at radius 1 is 1.17 bits per heavy atom.